The van der Waals surface area contributed by atoms with Crippen LogP contribution >= 0.6 is 27.5 Å². The number of rotatable bonds is 5. The first-order valence-corrected chi connectivity index (χ1v) is 11.2. The summed E-state index contributed by atoms with van der Waals surface area (Å²) < 4.78 is 13.1. The van der Waals surface area contributed by atoms with Gasteiger partial charge in [-0.25, -0.2) is 5.01 Å². The Labute approximate surface area is 194 Å². The first kappa shape index (κ1) is 20.2. The molecule has 4 nitrogen and oxygen atoms in total. The van der Waals surface area contributed by atoms with Gasteiger partial charge in [0.2, 0.25) is 6.23 Å². The van der Waals surface area contributed by atoms with Gasteiger partial charge in [0.1, 0.15) is 18.1 Å². The third-order valence-electron chi connectivity index (χ3n) is 5.46. The second-order valence-corrected chi connectivity index (χ2v) is 8.83. The average molecular weight is 496 g/mol. The van der Waals surface area contributed by atoms with Crippen molar-refractivity contribution in [2.24, 2.45) is 5.10 Å². The van der Waals surface area contributed by atoms with Crippen LogP contribution in [0.4, 0.5) is 0 Å². The highest BCUT2D eigenvalue weighted by molar-refractivity contribution is 9.10. The molecule has 3 aromatic carbocycles. The number of fused-ring (bicyclic) bond motifs is 3. The van der Waals surface area contributed by atoms with Crippen molar-refractivity contribution in [3.05, 3.63) is 106 Å². The van der Waals surface area contributed by atoms with Gasteiger partial charge < -0.3 is 9.47 Å². The van der Waals surface area contributed by atoms with Crippen LogP contribution in [0.5, 0.6) is 11.5 Å². The Morgan fingerprint density at radius 1 is 1.13 bits per heavy atom. The number of hydrogen-bond acceptors (Lipinski definition) is 4. The lowest BCUT2D eigenvalue weighted by atomic mass is 9.96. The third-order valence-corrected chi connectivity index (χ3v) is 6.21. The summed E-state index contributed by atoms with van der Waals surface area (Å²) in [5.41, 5.74) is 4.24. The van der Waals surface area contributed by atoms with Crippen molar-refractivity contribution in [2.75, 3.05) is 6.61 Å². The van der Waals surface area contributed by atoms with Crippen LogP contribution in [-0.2, 0) is 0 Å². The SMILES string of the molecule is C=CCOc1ccc([C@@H]2Oc3ccc(Br)cc3[C@H]3CC(c4ccc(Cl)cc4)=NN32)cc1. The summed E-state index contributed by atoms with van der Waals surface area (Å²) in [6.45, 7) is 4.17. The maximum absolute atomic E-state index is 6.43. The van der Waals surface area contributed by atoms with Gasteiger partial charge in [-0.15, -0.1) is 0 Å². The quantitative estimate of drug-likeness (QED) is 0.361. The predicted octanol–water partition coefficient (Wildman–Crippen LogP) is 6.91. The Kier molecular flexibility index (Phi) is 5.47. The normalized spacial score (nSPS) is 19.2. The second kappa shape index (κ2) is 8.40. The highest BCUT2D eigenvalue weighted by Gasteiger charge is 2.41. The zero-order valence-corrected chi connectivity index (χ0v) is 19.0. The molecule has 0 spiro atoms. The van der Waals surface area contributed by atoms with Crippen LogP contribution in [0.3, 0.4) is 0 Å². The summed E-state index contributed by atoms with van der Waals surface area (Å²) in [4.78, 5) is 0. The minimum absolute atomic E-state index is 0.0913. The summed E-state index contributed by atoms with van der Waals surface area (Å²) >= 11 is 9.68. The molecule has 2 aliphatic heterocycles. The standard InChI is InChI=1S/C25H20BrClN2O2/c1-2-13-30-20-10-5-17(6-11-20)25-29-23(21-14-18(26)7-12-24(21)31-25)15-22(28-29)16-3-8-19(27)9-4-16/h2-12,14,23,25H,1,13,15H2/t23-,25+/m1/s1. The molecule has 0 saturated carbocycles. The fourth-order valence-corrected chi connectivity index (χ4v) is 4.48. The van der Waals surface area contributed by atoms with Crippen molar-refractivity contribution in [2.45, 2.75) is 18.7 Å². The van der Waals surface area contributed by atoms with Crippen LogP contribution in [-0.4, -0.2) is 17.3 Å². The van der Waals surface area contributed by atoms with Crippen molar-refractivity contribution in [1.29, 1.82) is 0 Å². The summed E-state index contributed by atoms with van der Waals surface area (Å²) in [5, 5.41) is 7.78. The first-order valence-electron chi connectivity index (χ1n) is 10.0. The Morgan fingerprint density at radius 2 is 1.90 bits per heavy atom. The molecule has 6 heteroatoms. The maximum atomic E-state index is 6.43. The summed E-state index contributed by atoms with van der Waals surface area (Å²) in [6, 6.07) is 22.0. The molecule has 0 unspecified atom stereocenters. The van der Waals surface area contributed by atoms with Crippen LogP contribution < -0.4 is 9.47 Å². The van der Waals surface area contributed by atoms with E-state index in [1.54, 1.807) is 6.08 Å². The zero-order chi connectivity index (χ0) is 21.4. The molecule has 2 atom stereocenters. The molecule has 0 saturated heterocycles. The van der Waals surface area contributed by atoms with E-state index in [1.165, 1.54) is 0 Å². The Balaban J connectivity index is 1.52. The zero-order valence-electron chi connectivity index (χ0n) is 16.7. The molecular formula is C25H20BrClN2O2. The molecule has 2 heterocycles. The van der Waals surface area contributed by atoms with Crippen LogP contribution in [0.25, 0.3) is 0 Å². The summed E-state index contributed by atoms with van der Waals surface area (Å²) in [7, 11) is 0. The van der Waals surface area contributed by atoms with E-state index in [9.17, 15) is 0 Å². The Bertz CT molecular complexity index is 1150. The van der Waals surface area contributed by atoms with Crippen LogP contribution in [0.2, 0.25) is 5.02 Å². The van der Waals surface area contributed by atoms with Crippen molar-refractivity contribution < 1.29 is 9.47 Å². The van der Waals surface area contributed by atoms with Gasteiger partial charge in [-0.2, -0.15) is 5.10 Å². The Morgan fingerprint density at radius 3 is 2.65 bits per heavy atom. The van der Waals surface area contributed by atoms with Crippen molar-refractivity contribution in [1.82, 2.24) is 5.01 Å². The van der Waals surface area contributed by atoms with Gasteiger partial charge in [-0.1, -0.05) is 52.3 Å². The molecule has 2 aliphatic rings. The minimum atomic E-state index is -0.322. The lowest BCUT2D eigenvalue weighted by molar-refractivity contribution is -0.0191. The smallest absolute Gasteiger partial charge is 0.213 e. The largest absolute Gasteiger partial charge is 0.490 e. The highest BCUT2D eigenvalue weighted by atomic mass is 79.9. The van der Waals surface area contributed by atoms with E-state index >= 15 is 0 Å². The van der Waals surface area contributed by atoms with E-state index in [0.717, 1.165) is 44.8 Å². The minimum Gasteiger partial charge on any atom is -0.490 e. The molecule has 0 amide bonds. The fraction of sp³-hybridized carbons (Fsp3) is 0.160. The van der Waals surface area contributed by atoms with E-state index in [1.807, 2.05) is 60.7 Å². The van der Waals surface area contributed by atoms with Crippen molar-refractivity contribution in [3.8, 4) is 11.5 Å². The first-order chi connectivity index (χ1) is 15.1. The van der Waals surface area contributed by atoms with Gasteiger partial charge in [0.15, 0.2) is 0 Å². The molecule has 0 fully saturated rings. The van der Waals surface area contributed by atoms with Gasteiger partial charge >= 0.3 is 0 Å². The van der Waals surface area contributed by atoms with Gasteiger partial charge in [0.25, 0.3) is 0 Å². The second-order valence-electron chi connectivity index (χ2n) is 7.47. The molecule has 0 aliphatic carbocycles. The lowest BCUT2D eigenvalue weighted by Crippen LogP contribution is -2.33. The molecule has 0 aromatic heterocycles. The van der Waals surface area contributed by atoms with Crippen LogP contribution in [0.1, 0.15) is 35.4 Å². The molecule has 3 aromatic rings. The number of halogens is 2. The molecule has 5 rings (SSSR count). The van der Waals surface area contributed by atoms with Crippen LogP contribution in [0, 0.1) is 0 Å². The molecule has 31 heavy (non-hydrogen) atoms. The van der Waals surface area contributed by atoms with E-state index < -0.39 is 0 Å². The lowest BCUT2D eigenvalue weighted by Gasteiger charge is -2.38. The number of benzene rings is 3. The van der Waals surface area contributed by atoms with Gasteiger partial charge in [0.05, 0.1) is 11.8 Å². The molecule has 0 radical (unpaired) electrons. The molecule has 156 valence electrons. The number of ether oxygens (including phenoxy) is 2. The summed E-state index contributed by atoms with van der Waals surface area (Å²) in [6.07, 6.45) is 2.21. The Hall–Kier alpha value is -2.76. The monoisotopic (exact) mass is 494 g/mol. The molecule has 0 bridgehead atoms. The third kappa shape index (κ3) is 3.95. The van der Waals surface area contributed by atoms with Gasteiger partial charge in [0, 0.05) is 27.0 Å². The van der Waals surface area contributed by atoms with Gasteiger partial charge in [-0.05, 0) is 60.2 Å². The van der Waals surface area contributed by atoms with E-state index in [0.29, 0.717) is 11.6 Å². The molecule has 0 N–H and O–H groups in total. The topological polar surface area (TPSA) is 34.1 Å². The summed E-state index contributed by atoms with van der Waals surface area (Å²) in [5.74, 6) is 1.68. The number of hydrogen-bond donors (Lipinski definition) is 0. The van der Waals surface area contributed by atoms with E-state index in [4.69, 9.17) is 26.2 Å². The predicted molar refractivity (Wildman–Crippen MR) is 127 cm³/mol. The number of nitrogens with zero attached hydrogens (tertiary/aromatic N) is 2. The average Bonchev–Trinajstić information content (AvgIpc) is 3.24. The fourth-order valence-electron chi connectivity index (χ4n) is 3.98. The number of hydrazone groups is 1. The van der Waals surface area contributed by atoms with E-state index in [2.05, 4.69) is 33.6 Å². The maximum Gasteiger partial charge on any atom is 0.213 e. The van der Waals surface area contributed by atoms with E-state index in [-0.39, 0.29) is 12.3 Å². The van der Waals surface area contributed by atoms with Crippen LogP contribution in [0.15, 0.2) is 89.0 Å². The van der Waals surface area contributed by atoms with Crippen molar-refractivity contribution in [3.63, 3.8) is 0 Å². The van der Waals surface area contributed by atoms with Crippen molar-refractivity contribution >= 4 is 33.2 Å². The molecular weight excluding hydrogens is 476 g/mol. The highest BCUT2D eigenvalue weighted by Crippen LogP contribution is 2.48. The van der Waals surface area contributed by atoms with Gasteiger partial charge in [-0.3, -0.25) is 0 Å².